The molecule has 0 bridgehead atoms. The largest absolute Gasteiger partial charge is 0.497 e. The van der Waals surface area contributed by atoms with Crippen LogP contribution in [0.5, 0.6) is 5.75 Å². The number of benzene rings is 2. The number of methoxy groups -OCH3 is 1. The fourth-order valence-electron chi connectivity index (χ4n) is 3.04. The average molecular weight is 378 g/mol. The molecule has 0 aliphatic heterocycles. The number of nitrogens with zero attached hydrogens (tertiary/aromatic N) is 4. The van der Waals surface area contributed by atoms with E-state index < -0.39 is 5.09 Å². The van der Waals surface area contributed by atoms with Crippen LogP contribution < -0.4 is 4.74 Å². The van der Waals surface area contributed by atoms with Crippen molar-refractivity contribution in [3.05, 3.63) is 101 Å². The van der Waals surface area contributed by atoms with Crippen LogP contribution in [0.4, 0.5) is 0 Å². The first-order chi connectivity index (χ1) is 13.6. The summed E-state index contributed by atoms with van der Waals surface area (Å²) in [5.74, 6) is 0.842. The van der Waals surface area contributed by atoms with Gasteiger partial charge in [-0.2, -0.15) is 0 Å². The third kappa shape index (κ3) is 4.24. The van der Waals surface area contributed by atoms with E-state index in [1.165, 1.54) is 5.39 Å². The van der Waals surface area contributed by atoms with Gasteiger partial charge in [0.1, 0.15) is 11.8 Å². The molecule has 8 heteroatoms. The third-order valence-electron chi connectivity index (χ3n) is 4.22. The highest BCUT2D eigenvalue weighted by molar-refractivity contribution is 5.85. The van der Waals surface area contributed by atoms with E-state index >= 15 is 0 Å². The van der Waals surface area contributed by atoms with E-state index in [9.17, 15) is 0 Å². The Kier molecular flexibility index (Phi) is 5.81. The highest BCUT2D eigenvalue weighted by Crippen LogP contribution is 2.31. The van der Waals surface area contributed by atoms with Crippen LogP contribution in [0.15, 0.2) is 79.5 Å². The Labute approximate surface area is 160 Å². The minimum atomic E-state index is -1.50. The van der Waals surface area contributed by atoms with Gasteiger partial charge in [-0.1, -0.05) is 36.4 Å². The third-order valence-corrected chi connectivity index (χ3v) is 4.22. The van der Waals surface area contributed by atoms with Crippen molar-refractivity contribution in [2.45, 2.75) is 6.04 Å². The molecule has 0 aliphatic carbocycles. The first kappa shape index (κ1) is 18.8. The van der Waals surface area contributed by atoms with E-state index in [1.807, 2.05) is 49.1 Å². The van der Waals surface area contributed by atoms with Gasteiger partial charge in [-0.25, -0.2) is 4.98 Å². The molecule has 0 saturated carbocycles. The van der Waals surface area contributed by atoms with Gasteiger partial charge in [-0.05, 0) is 29.1 Å². The Bertz CT molecular complexity index is 1040. The fraction of sp³-hybridized carbons (Fsp3) is 0.100. The average Bonchev–Trinajstić information content (AvgIpc) is 3.23. The fourth-order valence-corrected chi connectivity index (χ4v) is 3.04. The second-order valence-electron chi connectivity index (χ2n) is 5.84. The van der Waals surface area contributed by atoms with Crippen molar-refractivity contribution in [3.63, 3.8) is 0 Å². The molecule has 0 aliphatic rings. The van der Waals surface area contributed by atoms with Crippen molar-refractivity contribution < 1.29 is 15.0 Å². The highest BCUT2D eigenvalue weighted by Gasteiger charge is 2.19. The van der Waals surface area contributed by atoms with Crippen LogP contribution in [0, 0.1) is 10.1 Å². The first-order valence-electron chi connectivity index (χ1n) is 8.38. The van der Waals surface area contributed by atoms with Gasteiger partial charge in [0.15, 0.2) is 0 Å². The van der Waals surface area contributed by atoms with Crippen LogP contribution in [0.3, 0.4) is 0 Å². The number of imidazole rings is 1. The van der Waals surface area contributed by atoms with E-state index in [4.69, 9.17) is 25.0 Å². The van der Waals surface area contributed by atoms with Crippen LogP contribution >= 0.6 is 0 Å². The number of hydrogen-bond donors (Lipinski definition) is 1. The molecule has 4 aromatic rings. The summed E-state index contributed by atoms with van der Waals surface area (Å²) in [6, 6.07) is 18.4. The van der Waals surface area contributed by atoms with Crippen LogP contribution in [-0.2, 0) is 0 Å². The predicted molar refractivity (Wildman–Crippen MR) is 103 cm³/mol. The van der Waals surface area contributed by atoms with E-state index in [-0.39, 0.29) is 6.04 Å². The summed E-state index contributed by atoms with van der Waals surface area (Å²) in [5.41, 5.74) is 2.15. The number of ether oxygens (including phenoxy) is 1. The van der Waals surface area contributed by atoms with Gasteiger partial charge >= 0.3 is 0 Å². The first-order valence-corrected chi connectivity index (χ1v) is 8.38. The van der Waals surface area contributed by atoms with Crippen molar-refractivity contribution in [1.29, 1.82) is 0 Å². The van der Waals surface area contributed by atoms with Gasteiger partial charge in [-0.3, -0.25) is 4.98 Å². The van der Waals surface area contributed by atoms with Gasteiger partial charge in [0, 0.05) is 24.0 Å². The molecule has 0 fully saturated rings. The lowest BCUT2D eigenvalue weighted by molar-refractivity contribution is -0.742. The lowest BCUT2D eigenvalue weighted by Gasteiger charge is -2.20. The second kappa shape index (κ2) is 8.63. The van der Waals surface area contributed by atoms with Gasteiger partial charge < -0.3 is 14.5 Å². The van der Waals surface area contributed by atoms with Gasteiger partial charge in [0.25, 0.3) is 5.09 Å². The number of rotatable bonds is 4. The molecule has 2 aromatic heterocycles. The number of pyridine rings is 1. The summed E-state index contributed by atoms with van der Waals surface area (Å²) in [7, 11) is 1.68. The molecule has 4 rings (SSSR count). The molecular formula is C20H18N4O4. The molecule has 1 atom stereocenters. The summed E-state index contributed by atoms with van der Waals surface area (Å²) in [4.78, 5) is 17.3. The maximum absolute atomic E-state index is 8.36. The minimum Gasteiger partial charge on any atom is -0.497 e. The monoisotopic (exact) mass is 378 g/mol. The van der Waals surface area contributed by atoms with E-state index in [0.717, 1.165) is 22.4 Å². The molecule has 8 nitrogen and oxygen atoms in total. The number of aromatic nitrogens is 3. The van der Waals surface area contributed by atoms with Crippen molar-refractivity contribution in [2.24, 2.45) is 0 Å². The van der Waals surface area contributed by atoms with E-state index in [1.54, 1.807) is 13.3 Å². The Morgan fingerprint density at radius 1 is 1.11 bits per heavy atom. The summed E-state index contributed by atoms with van der Waals surface area (Å²) >= 11 is 0. The Balaban J connectivity index is 0.000000516. The molecular weight excluding hydrogens is 360 g/mol. The SMILES string of the molecule is COc1ccc(C(c2nccc3ccccc23)n2ccnc2)cc1.O=[N+]([O-])O. The topological polar surface area (TPSA) is 103 Å². The quantitative estimate of drug-likeness (QED) is 0.429. The van der Waals surface area contributed by atoms with Crippen molar-refractivity contribution in [2.75, 3.05) is 7.11 Å². The molecule has 0 saturated heterocycles. The van der Waals surface area contributed by atoms with Crippen LogP contribution in [0.1, 0.15) is 17.3 Å². The maximum atomic E-state index is 8.36. The highest BCUT2D eigenvalue weighted by atomic mass is 16.9. The Hall–Kier alpha value is -3.94. The summed E-state index contributed by atoms with van der Waals surface area (Å²) in [6.07, 6.45) is 7.46. The maximum Gasteiger partial charge on any atom is 0.291 e. The molecule has 0 radical (unpaired) electrons. The zero-order valence-corrected chi connectivity index (χ0v) is 15.0. The van der Waals surface area contributed by atoms with E-state index in [2.05, 4.69) is 33.8 Å². The van der Waals surface area contributed by atoms with E-state index in [0.29, 0.717) is 0 Å². The lowest BCUT2D eigenvalue weighted by Crippen LogP contribution is -2.12. The smallest absolute Gasteiger partial charge is 0.291 e. The number of fused-ring (bicyclic) bond motifs is 1. The Morgan fingerprint density at radius 2 is 1.82 bits per heavy atom. The lowest BCUT2D eigenvalue weighted by atomic mass is 9.98. The Morgan fingerprint density at radius 3 is 2.46 bits per heavy atom. The van der Waals surface area contributed by atoms with Crippen LogP contribution in [0.2, 0.25) is 0 Å². The molecule has 142 valence electrons. The van der Waals surface area contributed by atoms with Crippen molar-refractivity contribution in [1.82, 2.24) is 14.5 Å². The van der Waals surface area contributed by atoms with Gasteiger partial charge in [-0.15, -0.1) is 10.1 Å². The minimum absolute atomic E-state index is 0.0375. The zero-order chi connectivity index (χ0) is 19.9. The summed E-state index contributed by atoms with van der Waals surface area (Å²) < 4.78 is 7.36. The standard InChI is InChI=1S/C20H17N3O.HNO3/c1-24-17-8-6-16(7-9-17)20(23-13-12-21-14-23)19-18-5-3-2-4-15(18)10-11-22-19;2-1(3)4/h2-14,20H,1H3;(H,2,3,4). The molecule has 1 unspecified atom stereocenters. The van der Waals surface area contributed by atoms with Gasteiger partial charge in [0.05, 0.1) is 19.1 Å². The molecule has 0 amide bonds. The number of hydrogen-bond acceptors (Lipinski definition) is 5. The molecule has 28 heavy (non-hydrogen) atoms. The molecule has 2 aromatic carbocycles. The van der Waals surface area contributed by atoms with Gasteiger partial charge in [0.2, 0.25) is 0 Å². The van der Waals surface area contributed by atoms with Crippen LogP contribution in [0.25, 0.3) is 10.8 Å². The molecule has 0 spiro atoms. The normalized spacial score (nSPS) is 11.3. The summed E-state index contributed by atoms with van der Waals surface area (Å²) in [5, 5.41) is 16.0. The van der Waals surface area contributed by atoms with Crippen LogP contribution in [-0.4, -0.2) is 31.9 Å². The second-order valence-corrected chi connectivity index (χ2v) is 5.84. The predicted octanol–water partition coefficient (Wildman–Crippen LogP) is 3.73. The van der Waals surface area contributed by atoms with Crippen molar-refractivity contribution >= 4 is 10.8 Å². The van der Waals surface area contributed by atoms with Crippen molar-refractivity contribution in [3.8, 4) is 5.75 Å². The zero-order valence-electron chi connectivity index (χ0n) is 15.0. The molecule has 1 N–H and O–H groups in total. The summed E-state index contributed by atoms with van der Waals surface area (Å²) in [6.45, 7) is 0. The molecule has 2 heterocycles.